The molecule has 63 heavy (non-hydrogen) atoms. The molecule has 0 saturated carbocycles. The lowest BCUT2D eigenvalue weighted by atomic mass is 9.83. The highest BCUT2D eigenvalue weighted by molar-refractivity contribution is 6.21. The van der Waals surface area contributed by atoms with Crippen LogP contribution in [0.4, 0.5) is 0 Å². The molecular formula is C61H48N2. The maximum atomic E-state index is 2.54. The van der Waals surface area contributed by atoms with Crippen LogP contribution in [0.2, 0.25) is 0 Å². The highest BCUT2D eigenvalue weighted by atomic mass is 15.0. The molecule has 2 nitrogen and oxygen atoms in total. The van der Waals surface area contributed by atoms with E-state index in [1.807, 2.05) is 0 Å². The van der Waals surface area contributed by atoms with Crippen LogP contribution in [-0.4, -0.2) is 9.13 Å². The normalized spacial score (nSPS) is 15.0. The van der Waals surface area contributed by atoms with Crippen LogP contribution in [0.15, 0.2) is 188 Å². The molecule has 0 amide bonds. The van der Waals surface area contributed by atoms with Crippen LogP contribution in [0.25, 0.3) is 100 Å². The minimum atomic E-state index is 0.256. The molecule has 0 radical (unpaired) electrons. The molecule has 2 atom stereocenters. The van der Waals surface area contributed by atoms with E-state index in [2.05, 4.69) is 230 Å². The van der Waals surface area contributed by atoms with Gasteiger partial charge in [-0.25, -0.2) is 0 Å². The number of aromatic nitrogens is 2. The molecule has 0 N–H and O–H groups in total. The number of fused-ring (bicyclic) bond motifs is 8. The second-order valence-corrected chi connectivity index (χ2v) is 17.5. The van der Waals surface area contributed by atoms with Crippen molar-refractivity contribution in [1.82, 2.24) is 9.13 Å². The Morgan fingerprint density at radius 2 is 0.857 bits per heavy atom. The van der Waals surface area contributed by atoms with Crippen molar-refractivity contribution in [3.05, 3.63) is 215 Å². The predicted octanol–water partition coefficient (Wildman–Crippen LogP) is 14.5. The van der Waals surface area contributed by atoms with E-state index in [1.165, 1.54) is 115 Å². The number of hydrogen-bond acceptors (Lipinski definition) is 0. The summed E-state index contributed by atoms with van der Waals surface area (Å²) in [5, 5.41) is 11.7. The number of nitrogens with zero attached hydrogens (tertiary/aromatic N) is 2. The maximum absolute atomic E-state index is 2.54. The minimum Gasteiger partial charge on any atom is -0.310 e. The van der Waals surface area contributed by atoms with E-state index < -0.39 is 0 Å². The Morgan fingerprint density at radius 1 is 0.397 bits per heavy atom. The average Bonchev–Trinajstić information content (AvgIpc) is 3.84. The van der Waals surface area contributed by atoms with Crippen molar-refractivity contribution in [3.63, 3.8) is 0 Å². The Bertz CT molecular complexity index is 3580. The van der Waals surface area contributed by atoms with E-state index in [0.717, 1.165) is 12.8 Å². The molecule has 0 spiro atoms. The first kappa shape index (κ1) is 37.4. The van der Waals surface area contributed by atoms with Crippen molar-refractivity contribution >= 4 is 66.4 Å². The zero-order chi connectivity index (χ0) is 42.2. The van der Waals surface area contributed by atoms with E-state index in [4.69, 9.17) is 0 Å². The Labute approximate surface area is 368 Å². The molecule has 1 aliphatic rings. The molecule has 2 heterocycles. The number of para-hydroxylation sites is 1. The summed E-state index contributed by atoms with van der Waals surface area (Å²) in [6.45, 7) is 6.86. The zero-order valence-corrected chi connectivity index (χ0v) is 36.0. The van der Waals surface area contributed by atoms with Gasteiger partial charge in [0.25, 0.3) is 0 Å². The van der Waals surface area contributed by atoms with E-state index in [9.17, 15) is 0 Å². The van der Waals surface area contributed by atoms with Gasteiger partial charge in [-0.1, -0.05) is 166 Å². The minimum absolute atomic E-state index is 0.256. The standard InChI is InChI=1S/C61H48N2/c1-4-40-23-33-57-53(36-40)54-37-41(5-2)24-34-58(54)62(57)45-29-25-42(26-30-45)52-38-55-47-17-13-14-22-56(47)63(59(55)35-39(52)3)46-31-27-44(28-32-46)61-50-20-11-9-18-48(50)60(43-15-7-6-8-16-43)49-19-10-12-21-51(49)61/h6-39,52H,4-5H2,1-3H3. The van der Waals surface area contributed by atoms with Crippen LogP contribution < -0.4 is 10.6 Å². The predicted molar refractivity (Wildman–Crippen MR) is 269 cm³/mol. The summed E-state index contributed by atoms with van der Waals surface area (Å²) in [5.41, 5.74) is 15.3. The van der Waals surface area contributed by atoms with E-state index in [1.54, 1.807) is 0 Å². The number of aryl methyl sites for hydroxylation is 2. The summed E-state index contributed by atoms with van der Waals surface area (Å²) < 4.78 is 4.93. The molecule has 2 heteroatoms. The van der Waals surface area contributed by atoms with Crippen LogP contribution in [0.5, 0.6) is 0 Å². The Balaban J connectivity index is 0.945. The van der Waals surface area contributed by atoms with Crippen molar-refractivity contribution in [2.75, 3.05) is 0 Å². The van der Waals surface area contributed by atoms with Gasteiger partial charge < -0.3 is 9.13 Å². The van der Waals surface area contributed by atoms with Gasteiger partial charge in [0, 0.05) is 38.7 Å². The average molecular weight is 809 g/mol. The zero-order valence-electron chi connectivity index (χ0n) is 36.0. The lowest BCUT2D eigenvalue weighted by Crippen LogP contribution is -2.34. The first-order chi connectivity index (χ1) is 31.1. The van der Waals surface area contributed by atoms with E-state index >= 15 is 0 Å². The smallest absolute Gasteiger partial charge is 0.0541 e. The fraction of sp³-hybridized carbons (Fsp3) is 0.115. The second kappa shape index (κ2) is 14.9. The van der Waals surface area contributed by atoms with Gasteiger partial charge in [-0.2, -0.15) is 0 Å². The van der Waals surface area contributed by atoms with Crippen LogP contribution in [0, 0.1) is 5.92 Å². The van der Waals surface area contributed by atoms with E-state index in [0.29, 0.717) is 5.92 Å². The second-order valence-electron chi connectivity index (χ2n) is 17.5. The highest BCUT2D eigenvalue weighted by Gasteiger charge is 2.23. The monoisotopic (exact) mass is 808 g/mol. The van der Waals surface area contributed by atoms with Crippen molar-refractivity contribution in [3.8, 4) is 33.6 Å². The summed E-state index contributed by atoms with van der Waals surface area (Å²) in [5.74, 6) is 0.561. The van der Waals surface area contributed by atoms with Crippen molar-refractivity contribution < 1.29 is 0 Å². The largest absolute Gasteiger partial charge is 0.310 e. The Hall–Kier alpha value is -7.42. The van der Waals surface area contributed by atoms with Gasteiger partial charge >= 0.3 is 0 Å². The summed E-state index contributed by atoms with van der Waals surface area (Å²) in [7, 11) is 0. The molecule has 0 aliphatic heterocycles. The molecule has 0 fully saturated rings. The highest BCUT2D eigenvalue weighted by Crippen LogP contribution is 2.44. The fourth-order valence-corrected chi connectivity index (χ4v) is 10.8. The van der Waals surface area contributed by atoms with Gasteiger partial charge in [-0.05, 0) is 134 Å². The lowest BCUT2D eigenvalue weighted by molar-refractivity contribution is 0.689. The summed E-state index contributed by atoms with van der Waals surface area (Å²) in [6, 6.07) is 70.3. The van der Waals surface area contributed by atoms with Gasteiger partial charge in [-0.3, -0.25) is 0 Å². The molecule has 2 unspecified atom stereocenters. The van der Waals surface area contributed by atoms with Crippen molar-refractivity contribution in [2.24, 2.45) is 5.92 Å². The molecular weight excluding hydrogens is 761 g/mol. The van der Waals surface area contributed by atoms with Gasteiger partial charge in [0.2, 0.25) is 0 Å². The molecule has 2 aromatic heterocycles. The molecule has 1 aliphatic carbocycles. The molecule has 302 valence electrons. The third-order valence-corrected chi connectivity index (χ3v) is 13.9. The number of rotatable bonds is 7. The topological polar surface area (TPSA) is 9.86 Å². The molecule has 11 aromatic rings. The summed E-state index contributed by atoms with van der Waals surface area (Å²) in [4.78, 5) is 0. The van der Waals surface area contributed by atoms with Gasteiger partial charge in [0.15, 0.2) is 0 Å². The maximum Gasteiger partial charge on any atom is 0.0541 e. The summed E-state index contributed by atoms with van der Waals surface area (Å²) in [6.07, 6.45) is 7.11. The molecule has 12 rings (SSSR count). The van der Waals surface area contributed by atoms with Crippen LogP contribution in [-0.2, 0) is 12.8 Å². The first-order valence-electron chi connectivity index (χ1n) is 22.7. The van der Waals surface area contributed by atoms with Crippen molar-refractivity contribution in [2.45, 2.75) is 39.5 Å². The van der Waals surface area contributed by atoms with Gasteiger partial charge in [-0.15, -0.1) is 0 Å². The Kier molecular flexibility index (Phi) is 8.83. The third kappa shape index (κ3) is 5.93. The van der Waals surface area contributed by atoms with Crippen LogP contribution in [0.3, 0.4) is 0 Å². The molecule has 0 bridgehead atoms. The number of benzene rings is 9. The molecule has 9 aromatic carbocycles. The quantitative estimate of drug-likeness (QED) is 0.142. The lowest BCUT2D eigenvalue weighted by Gasteiger charge is -2.22. The van der Waals surface area contributed by atoms with Crippen molar-refractivity contribution in [1.29, 1.82) is 0 Å². The number of hydrogen-bond donors (Lipinski definition) is 0. The summed E-state index contributed by atoms with van der Waals surface area (Å²) >= 11 is 0. The SMILES string of the molecule is CCc1ccc2c(c1)c1cc(CC)ccc1n2-c1ccc(C2C=c3c(n(-c4ccc(-c5c6ccccc6c(-c6ccccc6)c6ccccc56)cc4)c4ccccc34)=CC2C)cc1. The van der Waals surface area contributed by atoms with Gasteiger partial charge in [0.1, 0.15) is 0 Å². The molecule has 0 saturated heterocycles. The van der Waals surface area contributed by atoms with E-state index in [-0.39, 0.29) is 5.92 Å². The third-order valence-electron chi connectivity index (χ3n) is 13.9. The van der Waals surface area contributed by atoms with Crippen LogP contribution >= 0.6 is 0 Å². The Morgan fingerprint density at radius 3 is 1.41 bits per heavy atom. The fourth-order valence-electron chi connectivity index (χ4n) is 10.8. The van der Waals surface area contributed by atoms with Crippen LogP contribution in [0.1, 0.15) is 43.4 Å². The first-order valence-corrected chi connectivity index (χ1v) is 22.7. The van der Waals surface area contributed by atoms with Gasteiger partial charge in [0.05, 0.1) is 21.9 Å².